The summed E-state index contributed by atoms with van der Waals surface area (Å²) in [5.41, 5.74) is 2.58. The number of para-hydroxylation sites is 1. The quantitative estimate of drug-likeness (QED) is 0.638. The third-order valence-corrected chi connectivity index (χ3v) is 5.74. The molecule has 0 unspecified atom stereocenters. The molecule has 3 aromatic rings. The average Bonchev–Trinajstić information content (AvgIpc) is 2.97. The first-order valence-electron chi connectivity index (χ1n) is 9.92. The number of carbonyl (C=O) groups is 2. The number of aromatic nitrogens is 2. The number of benzene rings is 2. The lowest BCUT2D eigenvalue weighted by atomic mass is 9.73. The molecule has 1 aromatic heterocycles. The lowest BCUT2D eigenvalue weighted by molar-refractivity contribution is -0.135. The van der Waals surface area contributed by atoms with Gasteiger partial charge in [-0.05, 0) is 23.6 Å². The van der Waals surface area contributed by atoms with Gasteiger partial charge in [-0.25, -0.2) is 0 Å². The van der Waals surface area contributed by atoms with Gasteiger partial charge in [-0.3, -0.25) is 19.6 Å². The van der Waals surface area contributed by atoms with Crippen molar-refractivity contribution in [3.05, 3.63) is 90.0 Å². The van der Waals surface area contributed by atoms with E-state index < -0.39 is 5.41 Å². The molecular formula is C24H24N4O2. The highest BCUT2D eigenvalue weighted by Gasteiger charge is 2.51. The van der Waals surface area contributed by atoms with Crippen LogP contribution in [-0.2, 0) is 28.0 Å². The normalized spacial score (nSPS) is 17.7. The first-order chi connectivity index (χ1) is 14.5. The van der Waals surface area contributed by atoms with Crippen LogP contribution in [0.15, 0.2) is 73.2 Å². The van der Waals surface area contributed by atoms with E-state index in [4.69, 9.17) is 0 Å². The predicted molar refractivity (Wildman–Crippen MR) is 115 cm³/mol. The van der Waals surface area contributed by atoms with Crippen molar-refractivity contribution < 1.29 is 9.59 Å². The number of hydrogen-bond donors (Lipinski definition) is 0. The molecule has 4 rings (SSSR count). The third-order valence-electron chi connectivity index (χ3n) is 5.74. The molecule has 6 nitrogen and oxygen atoms in total. The zero-order valence-electron chi connectivity index (χ0n) is 17.2. The van der Waals surface area contributed by atoms with Gasteiger partial charge in [0.25, 0.3) is 0 Å². The van der Waals surface area contributed by atoms with Crippen molar-refractivity contribution >= 4 is 17.5 Å². The Labute approximate surface area is 176 Å². The van der Waals surface area contributed by atoms with Crippen molar-refractivity contribution in [2.75, 3.05) is 19.0 Å². The van der Waals surface area contributed by atoms with Gasteiger partial charge in [0.15, 0.2) is 0 Å². The summed E-state index contributed by atoms with van der Waals surface area (Å²) in [6, 6.07) is 17.6. The minimum atomic E-state index is -0.930. The van der Waals surface area contributed by atoms with Crippen LogP contribution in [0.2, 0.25) is 0 Å². The molecule has 0 fully saturated rings. The van der Waals surface area contributed by atoms with Gasteiger partial charge in [0.2, 0.25) is 11.8 Å². The van der Waals surface area contributed by atoms with Gasteiger partial charge in [0.05, 0.1) is 23.9 Å². The second-order valence-electron chi connectivity index (χ2n) is 7.75. The Bertz CT molecular complexity index is 1060. The minimum Gasteiger partial charge on any atom is -0.340 e. The Morgan fingerprint density at radius 3 is 2.53 bits per heavy atom. The Balaban J connectivity index is 1.68. The van der Waals surface area contributed by atoms with Crippen LogP contribution in [0.1, 0.15) is 23.2 Å². The van der Waals surface area contributed by atoms with E-state index in [1.165, 1.54) is 0 Å². The summed E-state index contributed by atoms with van der Waals surface area (Å²) in [6.07, 6.45) is 5.42. The molecule has 0 N–H and O–H groups in total. The van der Waals surface area contributed by atoms with Crippen LogP contribution < -0.4 is 4.90 Å². The Morgan fingerprint density at radius 1 is 1.07 bits per heavy atom. The molecule has 1 atom stereocenters. The van der Waals surface area contributed by atoms with Gasteiger partial charge in [0.1, 0.15) is 0 Å². The van der Waals surface area contributed by atoms with Crippen LogP contribution in [0.5, 0.6) is 0 Å². The smallest absolute Gasteiger partial charge is 0.238 e. The number of rotatable bonds is 6. The second-order valence-corrected chi connectivity index (χ2v) is 7.75. The van der Waals surface area contributed by atoms with Gasteiger partial charge in [-0.2, -0.15) is 0 Å². The molecular weight excluding hydrogens is 376 g/mol. The highest BCUT2D eigenvalue weighted by atomic mass is 16.2. The van der Waals surface area contributed by atoms with Crippen molar-refractivity contribution in [1.82, 2.24) is 14.9 Å². The highest BCUT2D eigenvalue weighted by molar-refractivity contribution is 6.09. The largest absolute Gasteiger partial charge is 0.340 e. The molecule has 1 aliphatic rings. The molecule has 2 heterocycles. The Morgan fingerprint density at radius 2 is 1.80 bits per heavy atom. The topological polar surface area (TPSA) is 66.4 Å². The maximum Gasteiger partial charge on any atom is 0.238 e. The zero-order valence-corrected chi connectivity index (χ0v) is 17.2. The van der Waals surface area contributed by atoms with Crippen LogP contribution in [0.25, 0.3) is 0 Å². The number of fused-ring (bicyclic) bond motifs is 1. The average molecular weight is 400 g/mol. The monoisotopic (exact) mass is 400 g/mol. The third kappa shape index (κ3) is 3.56. The molecule has 0 saturated heterocycles. The van der Waals surface area contributed by atoms with E-state index in [1.54, 1.807) is 42.5 Å². The summed E-state index contributed by atoms with van der Waals surface area (Å²) < 4.78 is 0. The molecule has 2 aromatic carbocycles. The van der Waals surface area contributed by atoms with Gasteiger partial charge >= 0.3 is 0 Å². The molecule has 0 bridgehead atoms. The molecule has 30 heavy (non-hydrogen) atoms. The summed E-state index contributed by atoms with van der Waals surface area (Å²) in [5.74, 6) is -0.149. The fourth-order valence-electron chi connectivity index (χ4n) is 4.20. The molecule has 6 heteroatoms. The summed E-state index contributed by atoms with van der Waals surface area (Å²) in [5, 5.41) is 0. The first kappa shape index (κ1) is 19.8. The lowest BCUT2D eigenvalue weighted by Crippen LogP contribution is -2.44. The number of amides is 2. The molecule has 0 saturated carbocycles. The molecule has 0 radical (unpaired) electrons. The van der Waals surface area contributed by atoms with E-state index in [9.17, 15) is 9.59 Å². The van der Waals surface area contributed by atoms with Crippen molar-refractivity contribution in [1.29, 1.82) is 0 Å². The van der Waals surface area contributed by atoms with E-state index in [-0.39, 0.29) is 18.2 Å². The van der Waals surface area contributed by atoms with E-state index in [2.05, 4.69) is 9.97 Å². The lowest BCUT2D eigenvalue weighted by Gasteiger charge is -2.30. The standard InChI is InChI=1S/C24H24N4O2/c1-27(17-19-16-25-12-13-26-19)22(29)15-24(14-18-8-4-3-5-9-18)20-10-6-7-11-21(20)28(2)23(24)30/h3-13,16H,14-15,17H2,1-2H3/t24-/m1/s1. The van der Waals surface area contributed by atoms with E-state index in [0.29, 0.717) is 18.7 Å². The molecule has 2 amide bonds. The minimum absolute atomic E-state index is 0.0474. The second kappa shape index (κ2) is 8.06. The zero-order chi connectivity index (χ0) is 21.1. The van der Waals surface area contributed by atoms with E-state index in [0.717, 1.165) is 16.8 Å². The Hall–Kier alpha value is -3.54. The van der Waals surface area contributed by atoms with Crippen molar-refractivity contribution in [2.24, 2.45) is 0 Å². The van der Waals surface area contributed by atoms with Crippen LogP contribution in [0.4, 0.5) is 5.69 Å². The van der Waals surface area contributed by atoms with Gasteiger partial charge in [-0.1, -0.05) is 48.5 Å². The summed E-state index contributed by atoms with van der Waals surface area (Å²) in [6.45, 7) is 0.347. The van der Waals surface area contributed by atoms with Crippen molar-refractivity contribution in [2.45, 2.75) is 24.8 Å². The number of anilines is 1. The highest BCUT2D eigenvalue weighted by Crippen LogP contribution is 2.45. The summed E-state index contributed by atoms with van der Waals surface area (Å²) >= 11 is 0. The van der Waals surface area contributed by atoms with Gasteiger partial charge < -0.3 is 9.80 Å². The summed E-state index contributed by atoms with van der Waals surface area (Å²) in [7, 11) is 3.52. The number of nitrogens with zero attached hydrogens (tertiary/aromatic N) is 4. The number of carbonyl (C=O) groups excluding carboxylic acids is 2. The van der Waals surface area contributed by atoms with Crippen LogP contribution >= 0.6 is 0 Å². The Kier molecular flexibility index (Phi) is 5.31. The van der Waals surface area contributed by atoms with Gasteiger partial charge in [0, 0.05) is 38.6 Å². The number of likely N-dealkylation sites (N-methyl/N-ethyl adjacent to an activating group) is 1. The van der Waals surface area contributed by atoms with E-state index >= 15 is 0 Å². The predicted octanol–water partition coefficient (Wildman–Crippen LogP) is 2.98. The molecule has 0 aliphatic carbocycles. The van der Waals surface area contributed by atoms with Crippen LogP contribution in [0.3, 0.4) is 0 Å². The molecule has 152 valence electrons. The number of hydrogen-bond acceptors (Lipinski definition) is 4. The maximum absolute atomic E-state index is 13.5. The molecule has 1 aliphatic heterocycles. The SMILES string of the molecule is CN(Cc1cnccn1)C(=O)C[C@@]1(Cc2ccccc2)C(=O)N(C)c2ccccc21. The van der Waals surface area contributed by atoms with Crippen molar-refractivity contribution in [3.8, 4) is 0 Å². The van der Waals surface area contributed by atoms with E-state index in [1.807, 2.05) is 54.6 Å². The molecule has 0 spiro atoms. The summed E-state index contributed by atoms with van der Waals surface area (Å²) in [4.78, 5) is 38.4. The van der Waals surface area contributed by atoms with Crippen molar-refractivity contribution in [3.63, 3.8) is 0 Å². The maximum atomic E-state index is 13.5. The fraction of sp³-hybridized carbons (Fsp3) is 0.250. The van der Waals surface area contributed by atoms with Crippen LogP contribution in [0, 0.1) is 0 Å². The van der Waals surface area contributed by atoms with Crippen LogP contribution in [-0.4, -0.2) is 40.8 Å². The van der Waals surface area contributed by atoms with Gasteiger partial charge in [-0.15, -0.1) is 0 Å². The first-order valence-corrected chi connectivity index (χ1v) is 9.92. The fourth-order valence-corrected chi connectivity index (χ4v) is 4.20.